The third kappa shape index (κ3) is 5.84. The number of hydrogen-bond donors (Lipinski definition) is 3. The molecule has 0 spiro atoms. The lowest BCUT2D eigenvalue weighted by atomic mass is 10.2. The summed E-state index contributed by atoms with van der Waals surface area (Å²) in [5.41, 5.74) is 0.769. The Morgan fingerprint density at radius 2 is 1.71 bits per heavy atom. The number of rotatable bonds is 5. The molecule has 0 bridgehead atoms. The number of hydrogen-bond acceptors (Lipinski definition) is 4. The molecule has 124 valence electrons. The molecule has 0 aliphatic rings. The number of carbonyl (C=O) groups excluding carboxylic acids is 1. The normalized spacial score (nSPS) is 10.0. The summed E-state index contributed by atoms with van der Waals surface area (Å²) in [5, 5.41) is 15.0. The summed E-state index contributed by atoms with van der Waals surface area (Å²) in [6.45, 7) is 0. The molecule has 0 unspecified atom stereocenters. The first-order valence-electron chi connectivity index (χ1n) is 6.76. The number of carbonyl (C=O) groups is 2. The molecule has 0 aromatic heterocycles. The van der Waals surface area contributed by atoms with E-state index < -0.39 is 5.97 Å². The van der Waals surface area contributed by atoms with Gasteiger partial charge in [0.25, 0.3) is 0 Å². The van der Waals surface area contributed by atoms with Gasteiger partial charge in [-0.15, -0.1) is 11.8 Å². The van der Waals surface area contributed by atoms with E-state index in [0.29, 0.717) is 10.7 Å². The third-order valence-corrected chi connectivity index (χ3v) is 4.29. The Bertz CT molecular complexity index is 749. The van der Waals surface area contributed by atoms with E-state index in [-0.39, 0.29) is 22.3 Å². The maximum atomic E-state index is 11.9. The standard InChI is InChI=1S/C16H13ClN2O3S2/c17-11-3-7-13(8-4-11)24-9-14(20)19-16(23)18-12-5-1-10(2-6-12)15(21)22/h1-8H,9H2,(H,21,22)(H2,18,19,20,23). The molecule has 2 aromatic rings. The molecular formula is C16H13ClN2O3S2. The number of carboxylic acids is 1. The molecule has 0 atom stereocenters. The molecule has 1 amide bonds. The summed E-state index contributed by atoms with van der Waals surface area (Å²) < 4.78 is 0. The van der Waals surface area contributed by atoms with Crippen LogP contribution in [0.15, 0.2) is 53.4 Å². The van der Waals surface area contributed by atoms with E-state index in [1.165, 1.54) is 23.9 Å². The van der Waals surface area contributed by atoms with E-state index in [1.54, 1.807) is 24.3 Å². The van der Waals surface area contributed by atoms with Gasteiger partial charge in [-0.05, 0) is 60.7 Å². The van der Waals surface area contributed by atoms with Crippen LogP contribution >= 0.6 is 35.6 Å². The summed E-state index contributed by atoms with van der Waals surface area (Å²) in [6, 6.07) is 13.2. The van der Waals surface area contributed by atoms with Gasteiger partial charge < -0.3 is 15.7 Å². The van der Waals surface area contributed by atoms with Crippen molar-refractivity contribution >= 4 is 58.3 Å². The lowest BCUT2D eigenvalue weighted by Gasteiger charge is -2.09. The van der Waals surface area contributed by atoms with E-state index in [1.807, 2.05) is 12.1 Å². The van der Waals surface area contributed by atoms with Gasteiger partial charge >= 0.3 is 5.97 Å². The van der Waals surface area contributed by atoms with Crippen LogP contribution in [0, 0.1) is 0 Å². The minimum atomic E-state index is -1.00. The van der Waals surface area contributed by atoms with Crippen molar-refractivity contribution in [3.05, 3.63) is 59.1 Å². The van der Waals surface area contributed by atoms with Crippen LogP contribution in [0.2, 0.25) is 5.02 Å². The highest BCUT2D eigenvalue weighted by molar-refractivity contribution is 8.00. The fourth-order valence-corrected chi connectivity index (χ4v) is 2.76. The molecule has 2 aromatic carbocycles. The lowest BCUT2D eigenvalue weighted by Crippen LogP contribution is -2.35. The van der Waals surface area contributed by atoms with Gasteiger partial charge in [0.1, 0.15) is 0 Å². The van der Waals surface area contributed by atoms with Gasteiger partial charge in [-0.1, -0.05) is 11.6 Å². The van der Waals surface area contributed by atoms with Crippen LogP contribution in [0.25, 0.3) is 0 Å². The maximum absolute atomic E-state index is 11.9. The minimum absolute atomic E-state index is 0.153. The second-order valence-electron chi connectivity index (χ2n) is 4.63. The molecule has 3 N–H and O–H groups in total. The van der Waals surface area contributed by atoms with Crippen molar-refractivity contribution in [2.45, 2.75) is 4.90 Å². The Labute approximate surface area is 153 Å². The monoisotopic (exact) mass is 380 g/mol. The quantitative estimate of drug-likeness (QED) is 0.543. The summed E-state index contributed by atoms with van der Waals surface area (Å²) in [4.78, 5) is 23.6. The molecule has 0 heterocycles. The summed E-state index contributed by atoms with van der Waals surface area (Å²) >= 11 is 12.2. The lowest BCUT2D eigenvalue weighted by molar-refractivity contribution is -0.117. The zero-order chi connectivity index (χ0) is 17.5. The minimum Gasteiger partial charge on any atom is -0.478 e. The number of thioether (sulfide) groups is 1. The Morgan fingerprint density at radius 1 is 1.08 bits per heavy atom. The van der Waals surface area contributed by atoms with Crippen molar-refractivity contribution in [3.63, 3.8) is 0 Å². The molecule has 24 heavy (non-hydrogen) atoms. The van der Waals surface area contributed by atoms with Crippen LogP contribution in [-0.2, 0) is 4.79 Å². The molecule has 0 saturated carbocycles. The van der Waals surface area contributed by atoms with Gasteiger partial charge in [-0.3, -0.25) is 4.79 Å². The van der Waals surface area contributed by atoms with Crippen molar-refractivity contribution in [2.75, 3.05) is 11.1 Å². The van der Waals surface area contributed by atoms with Crippen LogP contribution in [0.4, 0.5) is 5.69 Å². The van der Waals surface area contributed by atoms with Crippen molar-refractivity contribution in [1.82, 2.24) is 5.32 Å². The molecule has 0 radical (unpaired) electrons. The van der Waals surface area contributed by atoms with Crippen molar-refractivity contribution in [3.8, 4) is 0 Å². The number of anilines is 1. The van der Waals surface area contributed by atoms with E-state index in [0.717, 1.165) is 4.90 Å². The topological polar surface area (TPSA) is 78.4 Å². The summed E-state index contributed by atoms with van der Waals surface area (Å²) in [7, 11) is 0. The number of halogens is 1. The van der Waals surface area contributed by atoms with Crippen LogP contribution < -0.4 is 10.6 Å². The maximum Gasteiger partial charge on any atom is 0.335 e. The number of amides is 1. The van der Waals surface area contributed by atoms with Gasteiger partial charge in [-0.25, -0.2) is 4.79 Å². The van der Waals surface area contributed by atoms with Gasteiger partial charge in [0, 0.05) is 15.6 Å². The number of nitrogens with one attached hydrogen (secondary N) is 2. The number of thiocarbonyl (C=S) groups is 1. The van der Waals surface area contributed by atoms with Crippen LogP contribution in [0.1, 0.15) is 10.4 Å². The van der Waals surface area contributed by atoms with Crippen LogP contribution in [0.3, 0.4) is 0 Å². The second kappa shape index (κ2) is 8.68. The number of benzene rings is 2. The average Bonchev–Trinajstić information content (AvgIpc) is 2.54. The smallest absolute Gasteiger partial charge is 0.335 e. The molecule has 2 rings (SSSR count). The molecule has 0 fully saturated rings. The zero-order valence-corrected chi connectivity index (χ0v) is 14.7. The van der Waals surface area contributed by atoms with E-state index >= 15 is 0 Å². The highest BCUT2D eigenvalue weighted by Gasteiger charge is 2.07. The van der Waals surface area contributed by atoms with Crippen LogP contribution in [0.5, 0.6) is 0 Å². The Morgan fingerprint density at radius 3 is 2.29 bits per heavy atom. The van der Waals surface area contributed by atoms with Gasteiger partial charge in [0.2, 0.25) is 5.91 Å². The predicted octanol–water partition coefficient (Wildman–Crippen LogP) is 3.64. The fourth-order valence-electron chi connectivity index (χ4n) is 1.70. The van der Waals surface area contributed by atoms with Gasteiger partial charge in [0.15, 0.2) is 5.11 Å². The van der Waals surface area contributed by atoms with E-state index in [9.17, 15) is 9.59 Å². The molecule has 8 heteroatoms. The van der Waals surface area contributed by atoms with Crippen molar-refractivity contribution < 1.29 is 14.7 Å². The van der Waals surface area contributed by atoms with Crippen LogP contribution in [-0.4, -0.2) is 27.8 Å². The first kappa shape index (κ1) is 18.3. The third-order valence-electron chi connectivity index (χ3n) is 2.83. The summed E-state index contributed by atoms with van der Waals surface area (Å²) in [5.74, 6) is -1.03. The number of aromatic carboxylic acids is 1. The van der Waals surface area contributed by atoms with Crippen molar-refractivity contribution in [1.29, 1.82) is 0 Å². The molecule has 0 saturated heterocycles. The largest absolute Gasteiger partial charge is 0.478 e. The molecule has 0 aliphatic carbocycles. The van der Waals surface area contributed by atoms with E-state index in [4.69, 9.17) is 28.9 Å². The highest BCUT2D eigenvalue weighted by atomic mass is 35.5. The zero-order valence-electron chi connectivity index (χ0n) is 12.3. The highest BCUT2D eigenvalue weighted by Crippen LogP contribution is 2.19. The van der Waals surface area contributed by atoms with E-state index in [2.05, 4.69) is 10.6 Å². The van der Waals surface area contributed by atoms with Gasteiger partial charge in [-0.2, -0.15) is 0 Å². The SMILES string of the molecule is O=C(CSc1ccc(Cl)cc1)NC(=S)Nc1ccc(C(=O)O)cc1. The molecule has 5 nitrogen and oxygen atoms in total. The first-order chi connectivity index (χ1) is 11.4. The summed E-state index contributed by atoms with van der Waals surface area (Å²) in [6.07, 6.45) is 0. The first-order valence-corrected chi connectivity index (χ1v) is 8.54. The Kier molecular flexibility index (Phi) is 6.60. The number of carboxylic acid groups (broad SMARTS) is 1. The van der Waals surface area contributed by atoms with Gasteiger partial charge in [0.05, 0.1) is 11.3 Å². The van der Waals surface area contributed by atoms with Crippen molar-refractivity contribution in [2.24, 2.45) is 0 Å². The fraction of sp³-hybridized carbons (Fsp3) is 0.0625. The molecular weight excluding hydrogens is 368 g/mol. The second-order valence-corrected chi connectivity index (χ2v) is 6.52. The Hall–Kier alpha value is -2.09. The average molecular weight is 381 g/mol. The molecule has 0 aliphatic heterocycles. The predicted molar refractivity (Wildman–Crippen MR) is 99.9 cm³/mol. The Balaban J connectivity index is 1.79.